The van der Waals surface area contributed by atoms with Crippen molar-refractivity contribution in [2.24, 2.45) is 0 Å². The first-order chi connectivity index (χ1) is 12.2. The molecule has 2 N–H and O–H groups in total. The van der Waals surface area contributed by atoms with E-state index in [2.05, 4.69) is 29.6 Å². The fourth-order valence-corrected chi connectivity index (χ4v) is 3.01. The van der Waals surface area contributed by atoms with Gasteiger partial charge in [-0.1, -0.05) is 91.0 Å². The van der Waals surface area contributed by atoms with Crippen molar-refractivity contribution in [3.63, 3.8) is 0 Å². The standard InChI is InChI=1S/C22H21NO2/c24-21(25)16-20(17-10-4-1-5-11-17)23-22(18-12-6-2-7-13-18)19-14-8-3-9-15-19/h1-15,20,22-23H,16H2,(H,24,25)/t20-/m0/s1. The molecule has 0 unspecified atom stereocenters. The SMILES string of the molecule is O=C(O)C[C@H](NC(c1ccccc1)c1ccccc1)c1ccccc1. The number of benzene rings is 3. The molecule has 3 nitrogen and oxygen atoms in total. The third-order valence-electron chi connectivity index (χ3n) is 4.21. The Labute approximate surface area is 148 Å². The van der Waals surface area contributed by atoms with Gasteiger partial charge in [0.25, 0.3) is 0 Å². The number of hydrogen-bond donors (Lipinski definition) is 2. The molecule has 3 aromatic rings. The van der Waals surface area contributed by atoms with Gasteiger partial charge in [-0.05, 0) is 16.7 Å². The van der Waals surface area contributed by atoms with Gasteiger partial charge in [0.2, 0.25) is 0 Å². The number of nitrogens with one attached hydrogen (secondary N) is 1. The van der Waals surface area contributed by atoms with Gasteiger partial charge in [0.1, 0.15) is 0 Å². The Hall–Kier alpha value is -2.91. The highest BCUT2D eigenvalue weighted by Crippen LogP contribution is 2.27. The molecule has 3 rings (SSSR count). The van der Waals surface area contributed by atoms with E-state index in [4.69, 9.17) is 0 Å². The first-order valence-electron chi connectivity index (χ1n) is 8.36. The zero-order valence-corrected chi connectivity index (χ0v) is 13.9. The molecule has 0 radical (unpaired) electrons. The summed E-state index contributed by atoms with van der Waals surface area (Å²) in [5, 5.41) is 12.9. The minimum absolute atomic E-state index is 0.0280. The topological polar surface area (TPSA) is 49.3 Å². The van der Waals surface area contributed by atoms with Gasteiger partial charge in [0.05, 0.1) is 12.5 Å². The quantitative estimate of drug-likeness (QED) is 0.666. The van der Waals surface area contributed by atoms with E-state index in [0.717, 1.165) is 16.7 Å². The Bertz CT molecular complexity index is 749. The highest BCUT2D eigenvalue weighted by atomic mass is 16.4. The van der Waals surface area contributed by atoms with Gasteiger partial charge in [-0.15, -0.1) is 0 Å². The van der Waals surface area contributed by atoms with Crippen LogP contribution in [0.15, 0.2) is 91.0 Å². The van der Waals surface area contributed by atoms with Crippen LogP contribution in [0, 0.1) is 0 Å². The lowest BCUT2D eigenvalue weighted by Gasteiger charge is -2.26. The first-order valence-corrected chi connectivity index (χ1v) is 8.36. The Kier molecular flexibility index (Phi) is 5.60. The first kappa shape index (κ1) is 16.9. The van der Waals surface area contributed by atoms with Crippen molar-refractivity contribution in [1.29, 1.82) is 0 Å². The van der Waals surface area contributed by atoms with Crippen molar-refractivity contribution < 1.29 is 9.90 Å². The zero-order chi connectivity index (χ0) is 17.5. The minimum Gasteiger partial charge on any atom is -0.481 e. The third-order valence-corrected chi connectivity index (χ3v) is 4.21. The Morgan fingerprint density at radius 1 is 0.720 bits per heavy atom. The highest BCUT2D eigenvalue weighted by Gasteiger charge is 2.22. The van der Waals surface area contributed by atoms with Crippen LogP contribution in [0.5, 0.6) is 0 Å². The maximum atomic E-state index is 11.4. The molecule has 0 fully saturated rings. The average Bonchev–Trinajstić information content (AvgIpc) is 2.67. The summed E-state index contributed by atoms with van der Waals surface area (Å²) in [7, 11) is 0. The second-order valence-corrected chi connectivity index (χ2v) is 5.98. The van der Waals surface area contributed by atoms with Crippen LogP contribution in [-0.4, -0.2) is 11.1 Å². The molecular formula is C22H21NO2. The molecular weight excluding hydrogens is 310 g/mol. The van der Waals surface area contributed by atoms with Gasteiger partial charge in [0.15, 0.2) is 0 Å². The van der Waals surface area contributed by atoms with E-state index < -0.39 is 5.97 Å². The molecule has 0 saturated carbocycles. The Balaban J connectivity index is 1.96. The number of carboxylic acids is 1. The summed E-state index contributed by atoms with van der Waals surface area (Å²) in [6, 6.07) is 29.6. The summed E-state index contributed by atoms with van der Waals surface area (Å²) < 4.78 is 0. The molecule has 0 spiro atoms. The molecule has 0 bridgehead atoms. The summed E-state index contributed by atoms with van der Waals surface area (Å²) in [5.41, 5.74) is 3.20. The van der Waals surface area contributed by atoms with E-state index in [1.54, 1.807) is 0 Å². The molecule has 0 saturated heterocycles. The molecule has 25 heavy (non-hydrogen) atoms. The highest BCUT2D eigenvalue weighted by molar-refractivity contribution is 5.68. The molecule has 0 aliphatic rings. The fraction of sp³-hybridized carbons (Fsp3) is 0.136. The predicted octanol–water partition coefficient (Wildman–Crippen LogP) is 4.58. The number of aliphatic carboxylic acids is 1. The van der Waals surface area contributed by atoms with Crippen molar-refractivity contribution in [3.8, 4) is 0 Å². The van der Waals surface area contributed by atoms with Crippen LogP contribution >= 0.6 is 0 Å². The van der Waals surface area contributed by atoms with Crippen molar-refractivity contribution in [2.45, 2.75) is 18.5 Å². The second-order valence-electron chi connectivity index (χ2n) is 5.98. The van der Waals surface area contributed by atoms with Crippen LogP contribution < -0.4 is 5.32 Å². The summed E-state index contributed by atoms with van der Waals surface area (Å²) in [6.07, 6.45) is 0.0280. The molecule has 1 atom stereocenters. The van der Waals surface area contributed by atoms with Crippen LogP contribution in [-0.2, 0) is 4.79 Å². The van der Waals surface area contributed by atoms with Crippen molar-refractivity contribution >= 4 is 5.97 Å². The lowest BCUT2D eigenvalue weighted by Crippen LogP contribution is -2.29. The lowest BCUT2D eigenvalue weighted by molar-refractivity contribution is -0.137. The molecule has 0 aliphatic heterocycles. The van der Waals surface area contributed by atoms with Gasteiger partial charge < -0.3 is 5.11 Å². The van der Waals surface area contributed by atoms with E-state index in [0.29, 0.717) is 0 Å². The van der Waals surface area contributed by atoms with Crippen LogP contribution in [0.1, 0.15) is 35.2 Å². The smallest absolute Gasteiger partial charge is 0.305 e. The molecule has 3 aromatic carbocycles. The van der Waals surface area contributed by atoms with E-state index in [1.165, 1.54) is 0 Å². The number of carbonyl (C=O) groups is 1. The molecule has 126 valence electrons. The van der Waals surface area contributed by atoms with Crippen molar-refractivity contribution in [2.75, 3.05) is 0 Å². The Morgan fingerprint density at radius 2 is 1.12 bits per heavy atom. The fourth-order valence-electron chi connectivity index (χ4n) is 3.01. The monoisotopic (exact) mass is 331 g/mol. The maximum absolute atomic E-state index is 11.4. The molecule has 0 amide bonds. The van der Waals surface area contributed by atoms with E-state index in [1.807, 2.05) is 66.7 Å². The second kappa shape index (κ2) is 8.27. The summed E-state index contributed by atoms with van der Waals surface area (Å²) in [5.74, 6) is -0.818. The van der Waals surface area contributed by atoms with Gasteiger partial charge in [-0.25, -0.2) is 0 Å². The number of carboxylic acid groups (broad SMARTS) is 1. The van der Waals surface area contributed by atoms with E-state index in [9.17, 15) is 9.90 Å². The van der Waals surface area contributed by atoms with Gasteiger partial charge in [0, 0.05) is 6.04 Å². The third kappa shape index (κ3) is 4.55. The number of rotatable bonds is 7. The zero-order valence-electron chi connectivity index (χ0n) is 13.9. The molecule has 0 heterocycles. The largest absolute Gasteiger partial charge is 0.481 e. The maximum Gasteiger partial charge on any atom is 0.305 e. The molecule has 3 heteroatoms. The molecule has 0 aromatic heterocycles. The van der Waals surface area contributed by atoms with E-state index >= 15 is 0 Å². The lowest BCUT2D eigenvalue weighted by atomic mass is 9.95. The van der Waals surface area contributed by atoms with Crippen LogP contribution in [0.25, 0.3) is 0 Å². The average molecular weight is 331 g/mol. The normalized spacial score (nSPS) is 12.0. The van der Waals surface area contributed by atoms with Crippen LogP contribution in [0.2, 0.25) is 0 Å². The molecule has 0 aliphatic carbocycles. The minimum atomic E-state index is -0.818. The number of hydrogen-bond acceptors (Lipinski definition) is 2. The van der Waals surface area contributed by atoms with E-state index in [-0.39, 0.29) is 18.5 Å². The van der Waals surface area contributed by atoms with Crippen LogP contribution in [0.4, 0.5) is 0 Å². The predicted molar refractivity (Wildman–Crippen MR) is 99.3 cm³/mol. The summed E-state index contributed by atoms with van der Waals surface area (Å²) >= 11 is 0. The van der Waals surface area contributed by atoms with Gasteiger partial charge in [-0.3, -0.25) is 10.1 Å². The Morgan fingerprint density at radius 3 is 1.52 bits per heavy atom. The van der Waals surface area contributed by atoms with Gasteiger partial charge in [-0.2, -0.15) is 0 Å². The van der Waals surface area contributed by atoms with Crippen LogP contribution in [0.3, 0.4) is 0 Å². The van der Waals surface area contributed by atoms with Crippen molar-refractivity contribution in [1.82, 2.24) is 5.32 Å². The summed E-state index contributed by atoms with van der Waals surface area (Å²) in [4.78, 5) is 11.4. The summed E-state index contributed by atoms with van der Waals surface area (Å²) in [6.45, 7) is 0. The van der Waals surface area contributed by atoms with Gasteiger partial charge >= 0.3 is 5.97 Å². The van der Waals surface area contributed by atoms with Crippen molar-refractivity contribution in [3.05, 3.63) is 108 Å².